The first kappa shape index (κ1) is 9.73. The molecule has 1 aromatic heterocycles. The lowest BCUT2D eigenvalue weighted by molar-refractivity contribution is -0.172. The molecule has 0 saturated carbocycles. The summed E-state index contributed by atoms with van der Waals surface area (Å²) in [5.74, 6) is -0.133. The summed E-state index contributed by atoms with van der Waals surface area (Å²) in [6, 6.07) is 1.44. The second kappa shape index (κ2) is 4.04. The van der Waals surface area contributed by atoms with Crippen LogP contribution in [-0.2, 0) is 9.63 Å². The monoisotopic (exact) mass is 183 g/mol. The van der Waals surface area contributed by atoms with Gasteiger partial charge in [-0.2, -0.15) is 5.10 Å². The van der Waals surface area contributed by atoms with Crippen LogP contribution in [0.25, 0.3) is 0 Å². The molecule has 1 atom stereocenters. The van der Waals surface area contributed by atoms with Crippen LogP contribution in [0.5, 0.6) is 0 Å². The van der Waals surface area contributed by atoms with Crippen molar-refractivity contribution < 1.29 is 9.63 Å². The van der Waals surface area contributed by atoms with E-state index in [-0.39, 0.29) is 11.9 Å². The van der Waals surface area contributed by atoms with Gasteiger partial charge in [-0.15, -0.1) is 0 Å². The molecule has 0 N–H and O–H groups in total. The Balaban J connectivity index is 2.68. The van der Waals surface area contributed by atoms with Crippen molar-refractivity contribution in [2.24, 2.45) is 0 Å². The lowest BCUT2D eigenvalue weighted by Gasteiger charge is -2.18. The van der Waals surface area contributed by atoms with E-state index in [0.29, 0.717) is 0 Å². The zero-order valence-electron chi connectivity index (χ0n) is 7.97. The average Bonchev–Trinajstić information content (AvgIpc) is 2.67. The van der Waals surface area contributed by atoms with Crippen molar-refractivity contribution >= 4 is 5.91 Å². The fourth-order valence-corrected chi connectivity index (χ4v) is 0.976. The Hall–Kier alpha value is -1.36. The number of aromatic nitrogens is 2. The number of hydrogen-bond acceptors (Lipinski definition) is 3. The first-order valence-corrected chi connectivity index (χ1v) is 3.97. The van der Waals surface area contributed by atoms with Gasteiger partial charge in [0.15, 0.2) is 0 Å². The van der Waals surface area contributed by atoms with E-state index in [1.54, 1.807) is 37.1 Å². The Bertz CT molecular complexity index is 271. The molecule has 0 aliphatic rings. The predicted octanol–water partition coefficient (Wildman–Crippen LogP) is 0.464. The van der Waals surface area contributed by atoms with Crippen molar-refractivity contribution in [2.75, 3.05) is 14.2 Å². The summed E-state index contributed by atoms with van der Waals surface area (Å²) in [6.45, 7) is 1.77. The normalized spacial score (nSPS) is 12.5. The second-order valence-electron chi connectivity index (χ2n) is 2.68. The molecule has 1 heterocycles. The Labute approximate surface area is 76.9 Å². The number of nitrogens with zero attached hydrogens (tertiary/aromatic N) is 3. The van der Waals surface area contributed by atoms with Crippen LogP contribution in [0.1, 0.15) is 13.0 Å². The van der Waals surface area contributed by atoms with E-state index >= 15 is 0 Å². The lowest BCUT2D eigenvalue weighted by atomic mass is 10.3. The van der Waals surface area contributed by atoms with E-state index in [1.165, 1.54) is 12.2 Å². The number of hydrogen-bond donors (Lipinski definition) is 0. The highest BCUT2D eigenvalue weighted by Gasteiger charge is 2.18. The molecule has 0 saturated heterocycles. The first-order chi connectivity index (χ1) is 6.16. The van der Waals surface area contributed by atoms with Gasteiger partial charge in [-0.05, 0) is 13.0 Å². The van der Waals surface area contributed by atoms with Crippen molar-refractivity contribution in [2.45, 2.75) is 13.0 Å². The molecule has 0 bridgehead atoms. The topological polar surface area (TPSA) is 47.4 Å². The van der Waals surface area contributed by atoms with E-state index in [0.717, 1.165) is 0 Å². The molecule has 5 nitrogen and oxygen atoms in total. The summed E-state index contributed by atoms with van der Waals surface area (Å²) >= 11 is 0. The molecule has 72 valence electrons. The standard InChI is InChI=1S/C8H13N3O2/c1-7(8(12)10(2)13-3)11-6-4-5-9-11/h4-7H,1-3H3/t7-/m1/s1. The molecule has 0 unspecified atom stereocenters. The maximum atomic E-state index is 11.5. The van der Waals surface area contributed by atoms with E-state index in [4.69, 9.17) is 4.84 Å². The maximum absolute atomic E-state index is 11.5. The smallest absolute Gasteiger partial charge is 0.270 e. The summed E-state index contributed by atoms with van der Waals surface area (Å²) < 4.78 is 1.58. The number of rotatable bonds is 3. The molecule has 0 fully saturated rings. The van der Waals surface area contributed by atoms with Gasteiger partial charge < -0.3 is 0 Å². The SMILES string of the molecule is CON(C)C(=O)[C@@H](C)n1cccn1. The Kier molecular flexibility index (Phi) is 3.02. The molecule has 0 spiro atoms. The van der Waals surface area contributed by atoms with Crippen molar-refractivity contribution in [3.63, 3.8) is 0 Å². The Morgan fingerprint density at radius 2 is 2.38 bits per heavy atom. The van der Waals surface area contributed by atoms with Gasteiger partial charge in [-0.25, -0.2) is 5.06 Å². The van der Waals surface area contributed by atoms with Crippen LogP contribution in [0.3, 0.4) is 0 Å². The number of hydroxylamine groups is 2. The third kappa shape index (κ3) is 2.06. The highest BCUT2D eigenvalue weighted by atomic mass is 16.7. The largest absolute Gasteiger partial charge is 0.274 e. The molecule has 0 aliphatic carbocycles. The molecule has 5 heteroatoms. The number of carbonyl (C=O) groups is 1. The predicted molar refractivity (Wildman–Crippen MR) is 46.7 cm³/mol. The maximum Gasteiger partial charge on any atom is 0.270 e. The van der Waals surface area contributed by atoms with Gasteiger partial charge in [-0.3, -0.25) is 14.3 Å². The number of amides is 1. The highest BCUT2D eigenvalue weighted by Crippen LogP contribution is 2.06. The van der Waals surface area contributed by atoms with E-state index in [2.05, 4.69) is 5.10 Å². The van der Waals surface area contributed by atoms with Gasteiger partial charge in [0.05, 0.1) is 7.11 Å². The van der Waals surface area contributed by atoms with Gasteiger partial charge >= 0.3 is 0 Å². The third-order valence-electron chi connectivity index (χ3n) is 1.86. The van der Waals surface area contributed by atoms with Crippen LogP contribution >= 0.6 is 0 Å². The molecule has 0 aliphatic heterocycles. The minimum Gasteiger partial charge on any atom is -0.274 e. The summed E-state index contributed by atoms with van der Waals surface area (Å²) in [5.41, 5.74) is 0. The lowest BCUT2D eigenvalue weighted by Crippen LogP contribution is -2.32. The number of likely N-dealkylation sites (N-methyl/N-ethyl adjacent to an activating group) is 1. The Morgan fingerprint density at radius 3 is 2.85 bits per heavy atom. The van der Waals surface area contributed by atoms with Crippen LogP contribution in [0.2, 0.25) is 0 Å². The highest BCUT2D eigenvalue weighted by molar-refractivity contribution is 5.78. The molecular formula is C8H13N3O2. The minimum absolute atomic E-state index is 0.133. The van der Waals surface area contributed by atoms with Crippen LogP contribution < -0.4 is 0 Å². The summed E-state index contributed by atoms with van der Waals surface area (Å²) in [5, 5.41) is 5.15. The molecule has 0 radical (unpaired) electrons. The van der Waals surface area contributed by atoms with E-state index < -0.39 is 0 Å². The van der Waals surface area contributed by atoms with Crippen LogP contribution in [0.15, 0.2) is 18.5 Å². The van der Waals surface area contributed by atoms with Gasteiger partial charge in [0.2, 0.25) is 0 Å². The number of carbonyl (C=O) groups excluding carboxylic acids is 1. The molecule has 1 aromatic rings. The van der Waals surface area contributed by atoms with E-state index in [9.17, 15) is 4.79 Å². The van der Waals surface area contributed by atoms with Crippen molar-refractivity contribution in [3.05, 3.63) is 18.5 Å². The van der Waals surface area contributed by atoms with Gasteiger partial charge in [0.25, 0.3) is 5.91 Å². The average molecular weight is 183 g/mol. The second-order valence-corrected chi connectivity index (χ2v) is 2.68. The molecule has 0 aromatic carbocycles. The molecule has 1 rings (SSSR count). The van der Waals surface area contributed by atoms with Gasteiger partial charge in [-0.1, -0.05) is 0 Å². The van der Waals surface area contributed by atoms with Crippen molar-refractivity contribution in [3.8, 4) is 0 Å². The van der Waals surface area contributed by atoms with Crippen LogP contribution in [-0.4, -0.2) is 34.9 Å². The fourth-order valence-electron chi connectivity index (χ4n) is 0.976. The third-order valence-corrected chi connectivity index (χ3v) is 1.86. The Morgan fingerprint density at radius 1 is 1.69 bits per heavy atom. The molecule has 13 heavy (non-hydrogen) atoms. The zero-order chi connectivity index (χ0) is 9.84. The van der Waals surface area contributed by atoms with Crippen molar-refractivity contribution in [1.29, 1.82) is 0 Å². The first-order valence-electron chi connectivity index (χ1n) is 3.97. The van der Waals surface area contributed by atoms with Gasteiger partial charge in [0.1, 0.15) is 6.04 Å². The van der Waals surface area contributed by atoms with E-state index in [1.807, 2.05) is 0 Å². The zero-order valence-corrected chi connectivity index (χ0v) is 7.97. The minimum atomic E-state index is -0.333. The van der Waals surface area contributed by atoms with Crippen LogP contribution in [0, 0.1) is 0 Å². The summed E-state index contributed by atoms with van der Waals surface area (Å²) in [7, 11) is 3.02. The van der Waals surface area contributed by atoms with Crippen molar-refractivity contribution in [1.82, 2.24) is 14.8 Å². The van der Waals surface area contributed by atoms with Crippen LogP contribution in [0.4, 0.5) is 0 Å². The van der Waals surface area contributed by atoms with Gasteiger partial charge in [0, 0.05) is 19.4 Å². The summed E-state index contributed by atoms with van der Waals surface area (Å²) in [6.07, 6.45) is 3.38. The molecule has 1 amide bonds. The fraction of sp³-hybridized carbons (Fsp3) is 0.500. The quantitative estimate of drug-likeness (QED) is 0.640. The summed E-state index contributed by atoms with van der Waals surface area (Å²) in [4.78, 5) is 16.3. The molecular weight excluding hydrogens is 170 g/mol.